The Morgan fingerprint density at radius 2 is 1.07 bits per heavy atom. The van der Waals surface area contributed by atoms with Crippen molar-refractivity contribution in [2.75, 3.05) is 0 Å². The Morgan fingerprint density at radius 1 is 0.595 bits per heavy atom. The number of halogens is 2. The van der Waals surface area contributed by atoms with Crippen LogP contribution in [-0.2, 0) is 21.3 Å². The number of rotatable bonds is 5. The van der Waals surface area contributed by atoms with Crippen LogP contribution in [0.1, 0.15) is 49.0 Å². The van der Waals surface area contributed by atoms with Gasteiger partial charge in [0.2, 0.25) is 0 Å². The van der Waals surface area contributed by atoms with Gasteiger partial charge in [-0.25, -0.2) is 0 Å². The molecule has 0 nitrogen and oxygen atoms in total. The quantitative estimate of drug-likeness (QED) is 0.270. The molecule has 206 valence electrons. The number of hydrogen-bond acceptors (Lipinski definition) is 0. The Kier molecular flexibility index (Phi) is 9.44. The van der Waals surface area contributed by atoms with Gasteiger partial charge in [0.25, 0.3) is 0 Å². The molecule has 2 aliphatic rings. The molecule has 3 heteroatoms. The van der Waals surface area contributed by atoms with Crippen LogP contribution < -0.4 is 24.8 Å². The Balaban J connectivity index is 0.00000176. The van der Waals surface area contributed by atoms with Crippen molar-refractivity contribution in [1.29, 1.82) is 0 Å². The van der Waals surface area contributed by atoms with Crippen LogP contribution in [0.25, 0.3) is 16.7 Å². The third kappa shape index (κ3) is 5.51. The minimum absolute atomic E-state index is 0. The summed E-state index contributed by atoms with van der Waals surface area (Å²) < 4.78 is 3.71. The number of hydrogen-bond donors (Lipinski definition) is 0. The second kappa shape index (κ2) is 13.1. The van der Waals surface area contributed by atoms with Gasteiger partial charge in [-0.1, -0.05) is 0 Å². The van der Waals surface area contributed by atoms with Crippen LogP contribution in [0.15, 0.2) is 143 Å². The summed E-state index contributed by atoms with van der Waals surface area (Å²) in [6, 6.07) is 47.9. The molecule has 42 heavy (non-hydrogen) atoms. The predicted octanol–water partition coefficient (Wildman–Crippen LogP) is 3.64. The van der Waals surface area contributed by atoms with Gasteiger partial charge in [-0.3, -0.25) is 0 Å². The summed E-state index contributed by atoms with van der Waals surface area (Å²) in [4.78, 5) is 0. The van der Waals surface area contributed by atoms with E-state index in [0.29, 0.717) is 3.63 Å². The molecule has 0 atom stereocenters. The van der Waals surface area contributed by atoms with Crippen LogP contribution in [-0.4, -0.2) is 3.21 Å². The third-order valence-electron chi connectivity index (χ3n) is 8.35. The summed E-state index contributed by atoms with van der Waals surface area (Å²) in [5.74, 6) is 0. The van der Waals surface area contributed by atoms with E-state index in [-0.39, 0.29) is 24.8 Å². The smallest absolute Gasteiger partial charge is 1.00 e. The van der Waals surface area contributed by atoms with Gasteiger partial charge in [0.1, 0.15) is 0 Å². The van der Waals surface area contributed by atoms with E-state index in [1.54, 1.807) is 6.49 Å². The summed E-state index contributed by atoms with van der Waals surface area (Å²) in [6.45, 7) is 4.50. The Labute approximate surface area is 269 Å². The third-order valence-corrected chi connectivity index (χ3v) is 16.8. The van der Waals surface area contributed by atoms with Gasteiger partial charge in [-0.05, 0) is 0 Å². The van der Waals surface area contributed by atoms with Crippen molar-refractivity contribution in [3.05, 3.63) is 182 Å². The van der Waals surface area contributed by atoms with Crippen molar-refractivity contribution in [2.24, 2.45) is 0 Å². The van der Waals surface area contributed by atoms with Gasteiger partial charge in [0.15, 0.2) is 0 Å². The maximum Gasteiger partial charge on any atom is -1.00 e. The second-order valence-electron chi connectivity index (χ2n) is 11.0. The molecular weight excluding hydrogens is 631 g/mol. The molecule has 0 amide bonds. The van der Waals surface area contributed by atoms with Crippen molar-refractivity contribution in [2.45, 2.75) is 23.9 Å². The van der Waals surface area contributed by atoms with Gasteiger partial charge in [0.05, 0.1) is 0 Å². The molecule has 0 heterocycles. The molecule has 0 aliphatic heterocycles. The summed E-state index contributed by atoms with van der Waals surface area (Å²) in [5, 5.41) is 0. The predicted molar refractivity (Wildman–Crippen MR) is 166 cm³/mol. The molecule has 0 aromatic heterocycles. The fraction of sp³-hybridized carbons (Fsp3) is 0.103. The molecule has 0 saturated carbocycles. The normalized spacial score (nSPS) is 13.0. The van der Waals surface area contributed by atoms with Gasteiger partial charge in [-0.2, -0.15) is 0 Å². The summed E-state index contributed by atoms with van der Waals surface area (Å²) in [6.07, 6.45) is 5.86. The van der Waals surface area contributed by atoms with E-state index >= 15 is 0 Å². The first-order chi connectivity index (χ1) is 19.7. The maximum absolute atomic E-state index is 2.78. The van der Waals surface area contributed by atoms with E-state index in [1.165, 1.54) is 55.6 Å². The van der Waals surface area contributed by atoms with Gasteiger partial charge in [-0.15, -0.1) is 0 Å². The van der Waals surface area contributed by atoms with Crippen LogP contribution in [0.2, 0.25) is 0 Å². The molecule has 0 bridgehead atoms. The van der Waals surface area contributed by atoms with Crippen molar-refractivity contribution < 1.29 is 46.1 Å². The fourth-order valence-electron chi connectivity index (χ4n) is 6.62. The van der Waals surface area contributed by atoms with Crippen molar-refractivity contribution in [3.63, 3.8) is 0 Å². The first-order valence-corrected chi connectivity index (χ1v) is 18.1. The zero-order valence-corrected chi connectivity index (χ0v) is 27.8. The monoisotopic (exact) mass is 660 g/mol. The Morgan fingerprint density at radius 3 is 1.57 bits per heavy atom. The SMILES string of the molecule is Cc1ccc2c(c1)[CH]([Zr+2]([C]1=C(c3ccccc3)C=CC1)=[C](c1ccccc1)c1ccccc1)c1cc(C)ccc1-2.[Cl-].[Cl-]. The molecule has 5 aromatic rings. The van der Waals surface area contributed by atoms with Crippen LogP contribution in [0.3, 0.4) is 0 Å². The van der Waals surface area contributed by atoms with Crippen LogP contribution in [0.4, 0.5) is 0 Å². The van der Waals surface area contributed by atoms with E-state index in [4.69, 9.17) is 0 Å². The topological polar surface area (TPSA) is 0 Å². The summed E-state index contributed by atoms with van der Waals surface area (Å²) in [5.41, 5.74) is 14.2. The fourth-order valence-corrected chi connectivity index (χ4v) is 16.1. The Bertz CT molecular complexity index is 1720. The zero-order chi connectivity index (χ0) is 27.1. The average Bonchev–Trinajstić information content (AvgIpc) is 3.60. The van der Waals surface area contributed by atoms with Gasteiger partial charge in [0, 0.05) is 0 Å². The van der Waals surface area contributed by atoms with Crippen molar-refractivity contribution >= 4 is 8.78 Å². The molecule has 0 saturated heterocycles. The molecule has 5 aromatic carbocycles. The van der Waals surface area contributed by atoms with Gasteiger partial charge >= 0.3 is 247 Å². The van der Waals surface area contributed by atoms with E-state index in [2.05, 4.69) is 153 Å². The van der Waals surface area contributed by atoms with E-state index in [0.717, 1.165) is 6.42 Å². The molecule has 2 aliphatic carbocycles. The van der Waals surface area contributed by atoms with Crippen LogP contribution in [0.5, 0.6) is 0 Å². The first-order valence-electron chi connectivity index (χ1n) is 14.2. The maximum atomic E-state index is 2.49. The van der Waals surface area contributed by atoms with Gasteiger partial charge < -0.3 is 24.8 Å². The number of fused-ring (bicyclic) bond motifs is 3. The van der Waals surface area contributed by atoms with E-state index in [1.807, 2.05) is 0 Å². The molecule has 0 radical (unpaired) electrons. The average molecular weight is 663 g/mol. The van der Waals surface area contributed by atoms with E-state index in [9.17, 15) is 0 Å². The molecule has 0 spiro atoms. The minimum atomic E-state index is -2.78. The zero-order valence-electron chi connectivity index (χ0n) is 23.8. The molecule has 0 unspecified atom stereocenters. The van der Waals surface area contributed by atoms with Crippen molar-refractivity contribution in [1.82, 2.24) is 0 Å². The first kappa shape index (κ1) is 30.4. The molecular formula is C39H32Cl2Zr. The summed E-state index contributed by atoms with van der Waals surface area (Å²) in [7, 11) is 0. The van der Waals surface area contributed by atoms with Crippen LogP contribution in [0, 0.1) is 13.8 Å². The molecule has 0 N–H and O–H groups in total. The molecule has 0 fully saturated rings. The second-order valence-corrected chi connectivity index (χ2v) is 17.2. The molecule has 7 rings (SSSR count). The Hall–Kier alpha value is -3.09. The summed E-state index contributed by atoms with van der Waals surface area (Å²) >= 11 is -2.78. The number of allylic oxidation sites excluding steroid dienone is 4. The van der Waals surface area contributed by atoms with Crippen LogP contribution >= 0.6 is 0 Å². The largest absolute Gasteiger partial charge is 1.00 e. The standard InChI is InChI=1S/C15H13.C13H10.C11H9.2ClH.Zr/c1-10-3-5-14-12(7-10)9-13-8-11(2)4-6-15(13)14;1-3-7-12(8-4-1)11-13-9-5-2-6-10-13;1-2-6-10(7-3-1)11-8-4-5-9-11;;;/h3-9H,1-2H3;1-10H;1-4,6-8H,5H2;2*1H;/q;;;;;+2/p-2. The number of aryl methyl sites for hydroxylation is 2. The van der Waals surface area contributed by atoms with E-state index < -0.39 is 21.3 Å². The minimum Gasteiger partial charge on any atom is -1.00 e. The number of benzene rings is 5. The van der Waals surface area contributed by atoms with Crippen molar-refractivity contribution in [3.8, 4) is 11.1 Å².